The molecule has 0 saturated carbocycles. The molecule has 2 aliphatic rings. The van der Waals surface area contributed by atoms with Gasteiger partial charge in [0.2, 0.25) is 0 Å². The monoisotopic (exact) mass is 266 g/mol. The molecule has 0 N–H and O–H groups in total. The number of hydrogen-bond acceptors (Lipinski definition) is 5. The summed E-state index contributed by atoms with van der Waals surface area (Å²) in [5.41, 5.74) is -0.363. The largest absolute Gasteiger partial charge is 0.501 e. The van der Waals surface area contributed by atoms with Crippen LogP contribution in [0.4, 0.5) is 0 Å². The molecule has 7 heteroatoms. The number of allylic oxidation sites excluding steroid dienone is 2. The van der Waals surface area contributed by atoms with E-state index in [0.29, 0.717) is 5.47 Å². The van der Waals surface area contributed by atoms with E-state index in [1.807, 2.05) is 27.7 Å². The minimum Gasteiger partial charge on any atom is -0.399 e. The molecule has 0 radical (unpaired) electrons. The Kier molecular flexibility index (Phi) is 3.22. The number of rotatable bonds is 2. The van der Waals surface area contributed by atoms with E-state index < -0.39 is 18.3 Å². The quantitative estimate of drug-likeness (QED) is 0.431. The Labute approximate surface area is 113 Å². The summed E-state index contributed by atoms with van der Waals surface area (Å²) in [6, 6.07) is 0. The van der Waals surface area contributed by atoms with Crippen LogP contribution in [0.3, 0.4) is 0 Å². The maximum atomic E-state index is 11.2. The molecule has 2 rings (SSSR count). The number of likely N-dealkylation sites (N-methyl/N-ethyl adjacent to an activating group) is 1. The summed E-state index contributed by atoms with van der Waals surface area (Å²) < 4.78 is 11.7. The van der Waals surface area contributed by atoms with Crippen LogP contribution in [0, 0.1) is 10.1 Å². The predicted octanol–water partition coefficient (Wildman–Crippen LogP) is 1.61. The highest BCUT2D eigenvalue weighted by atomic mass is 16.7. The van der Waals surface area contributed by atoms with Gasteiger partial charge in [0.15, 0.2) is 0 Å². The molecular formula is C12H19BN2O4. The second-order valence-corrected chi connectivity index (χ2v) is 5.98. The maximum Gasteiger partial charge on any atom is 0.501 e. The average Bonchev–Trinajstić information content (AvgIpc) is 2.47. The van der Waals surface area contributed by atoms with Crippen LogP contribution in [-0.4, -0.2) is 41.7 Å². The third kappa shape index (κ3) is 2.40. The molecule has 19 heavy (non-hydrogen) atoms. The lowest BCUT2D eigenvalue weighted by atomic mass is 9.76. The molecule has 1 fully saturated rings. The minimum absolute atomic E-state index is 0.128. The summed E-state index contributed by atoms with van der Waals surface area (Å²) in [5, 5.41) is 11.2. The van der Waals surface area contributed by atoms with Crippen molar-refractivity contribution in [1.82, 2.24) is 4.90 Å². The Morgan fingerprint density at radius 3 is 2.32 bits per heavy atom. The van der Waals surface area contributed by atoms with E-state index in [4.69, 9.17) is 9.31 Å². The summed E-state index contributed by atoms with van der Waals surface area (Å²) in [5.74, 6) is 0. The molecule has 1 saturated heterocycles. The van der Waals surface area contributed by atoms with Crippen LogP contribution in [0.5, 0.6) is 0 Å². The topological polar surface area (TPSA) is 64.8 Å². The Morgan fingerprint density at radius 1 is 1.32 bits per heavy atom. The normalized spacial score (nSPS) is 25.1. The van der Waals surface area contributed by atoms with Gasteiger partial charge in [-0.15, -0.1) is 0 Å². The lowest BCUT2D eigenvalue weighted by Crippen LogP contribution is -2.41. The zero-order valence-electron chi connectivity index (χ0n) is 12.0. The smallest absolute Gasteiger partial charge is 0.399 e. The van der Waals surface area contributed by atoms with E-state index in [-0.39, 0.29) is 17.2 Å². The molecule has 6 nitrogen and oxygen atoms in total. The first-order valence-electron chi connectivity index (χ1n) is 6.25. The number of hydrogen-bond donors (Lipinski definition) is 0. The Bertz CT molecular complexity index is 454. The highest BCUT2D eigenvalue weighted by molar-refractivity contribution is 6.55. The lowest BCUT2D eigenvalue weighted by Gasteiger charge is -2.32. The third-order valence-electron chi connectivity index (χ3n) is 3.97. The molecule has 0 bridgehead atoms. The second kappa shape index (κ2) is 4.35. The molecule has 0 aliphatic carbocycles. The molecular weight excluding hydrogens is 247 g/mol. The van der Waals surface area contributed by atoms with Gasteiger partial charge >= 0.3 is 7.12 Å². The van der Waals surface area contributed by atoms with Crippen molar-refractivity contribution in [3.8, 4) is 0 Å². The molecule has 0 atom stereocenters. The number of nitrogens with zero attached hydrogens (tertiary/aromatic N) is 2. The van der Waals surface area contributed by atoms with E-state index >= 15 is 0 Å². The molecule has 104 valence electrons. The van der Waals surface area contributed by atoms with Gasteiger partial charge in [-0.2, -0.15) is 0 Å². The first-order valence-corrected chi connectivity index (χ1v) is 6.25. The van der Waals surface area contributed by atoms with Crippen molar-refractivity contribution in [3.05, 3.63) is 33.6 Å². The van der Waals surface area contributed by atoms with Crippen LogP contribution >= 0.6 is 0 Å². The lowest BCUT2D eigenvalue weighted by molar-refractivity contribution is -0.428. The van der Waals surface area contributed by atoms with Crippen LogP contribution < -0.4 is 0 Å². The van der Waals surface area contributed by atoms with E-state index in [9.17, 15) is 10.1 Å². The van der Waals surface area contributed by atoms with Crippen molar-refractivity contribution in [2.24, 2.45) is 0 Å². The van der Waals surface area contributed by atoms with E-state index in [1.54, 1.807) is 24.2 Å². The van der Waals surface area contributed by atoms with Gasteiger partial charge in [0.1, 0.15) is 6.54 Å². The molecule has 0 aromatic carbocycles. The SMILES string of the molecule is CN1C=CC(B2OC(C)(C)C(C)(C)O2)=C([N+](=O)[O-])C1. The summed E-state index contributed by atoms with van der Waals surface area (Å²) >= 11 is 0. The van der Waals surface area contributed by atoms with Crippen LogP contribution in [0.2, 0.25) is 0 Å². The van der Waals surface area contributed by atoms with Crippen molar-refractivity contribution in [3.63, 3.8) is 0 Å². The van der Waals surface area contributed by atoms with Gasteiger partial charge in [0.25, 0.3) is 5.70 Å². The van der Waals surface area contributed by atoms with E-state index in [1.165, 1.54) is 0 Å². The number of nitro groups is 1. The summed E-state index contributed by atoms with van der Waals surface area (Å²) in [4.78, 5) is 12.6. The highest BCUT2D eigenvalue weighted by Gasteiger charge is 2.53. The van der Waals surface area contributed by atoms with Gasteiger partial charge in [-0.3, -0.25) is 10.1 Å². The Balaban J connectivity index is 2.34. The fourth-order valence-electron chi connectivity index (χ4n) is 2.03. The standard InChI is InChI=1S/C12H19BN2O4/c1-11(2)12(3,4)19-13(18-11)9-6-7-14(5)8-10(9)15(16)17/h6-7H,8H2,1-5H3. The van der Waals surface area contributed by atoms with Crippen molar-refractivity contribution in [2.45, 2.75) is 38.9 Å². The molecule has 2 aliphatic heterocycles. The average molecular weight is 266 g/mol. The Morgan fingerprint density at radius 2 is 1.84 bits per heavy atom. The fraction of sp³-hybridized carbons (Fsp3) is 0.667. The summed E-state index contributed by atoms with van der Waals surface area (Å²) in [6.45, 7) is 7.97. The van der Waals surface area contributed by atoms with Gasteiger partial charge in [-0.1, -0.05) is 0 Å². The first-order chi connectivity index (χ1) is 8.64. The van der Waals surface area contributed by atoms with Crippen molar-refractivity contribution in [1.29, 1.82) is 0 Å². The maximum absolute atomic E-state index is 11.2. The zero-order chi connectivity index (χ0) is 14.4. The van der Waals surface area contributed by atoms with Crippen molar-refractivity contribution in [2.75, 3.05) is 13.6 Å². The molecule has 0 spiro atoms. The van der Waals surface area contributed by atoms with Gasteiger partial charge < -0.3 is 14.2 Å². The van der Waals surface area contributed by atoms with Crippen LogP contribution in [-0.2, 0) is 9.31 Å². The first kappa shape index (κ1) is 14.1. The van der Waals surface area contributed by atoms with Gasteiger partial charge in [-0.25, -0.2) is 0 Å². The van der Waals surface area contributed by atoms with Crippen molar-refractivity contribution < 1.29 is 14.2 Å². The zero-order valence-corrected chi connectivity index (χ0v) is 12.0. The van der Waals surface area contributed by atoms with Crippen LogP contribution in [0.25, 0.3) is 0 Å². The highest BCUT2D eigenvalue weighted by Crippen LogP contribution is 2.39. The molecule has 0 amide bonds. The molecule has 0 aromatic rings. The van der Waals surface area contributed by atoms with Gasteiger partial charge in [0, 0.05) is 7.05 Å². The predicted molar refractivity (Wildman–Crippen MR) is 71.9 cm³/mol. The van der Waals surface area contributed by atoms with Gasteiger partial charge in [-0.05, 0) is 40.0 Å². The van der Waals surface area contributed by atoms with Gasteiger partial charge in [0.05, 0.1) is 21.6 Å². The molecule has 2 heterocycles. The third-order valence-corrected chi connectivity index (χ3v) is 3.97. The summed E-state index contributed by atoms with van der Waals surface area (Å²) in [6.07, 6.45) is 3.50. The second-order valence-electron chi connectivity index (χ2n) is 5.98. The van der Waals surface area contributed by atoms with Crippen LogP contribution in [0.1, 0.15) is 27.7 Å². The van der Waals surface area contributed by atoms with E-state index in [0.717, 1.165) is 0 Å². The minimum atomic E-state index is -0.685. The Hall–Kier alpha value is -1.34. The van der Waals surface area contributed by atoms with Crippen LogP contribution in [0.15, 0.2) is 23.4 Å². The molecule has 0 aromatic heterocycles. The van der Waals surface area contributed by atoms with E-state index in [2.05, 4.69) is 0 Å². The summed E-state index contributed by atoms with van der Waals surface area (Å²) in [7, 11) is 1.11. The molecule has 0 unspecified atom stereocenters. The van der Waals surface area contributed by atoms with Crippen molar-refractivity contribution >= 4 is 7.12 Å². The fourth-order valence-corrected chi connectivity index (χ4v) is 2.03.